The maximum Gasteiger partial charge on any atom is 0.215 e. The van der Waals surface area contributed by atoms with Crippen LogP contribution < -0.4 is 0 Å². The molecule has 1 saturated carbocycles. The Labute approximate surface area is 92.3 Å². The zero-order chi connectivity index (χ0) is 12.1. The fourth-order valence-corrected chi connectivity index (χ4v) is 1.86. The average Bonchev–Trinajstić information content (AvgIpc) is 2.01. The van der Waals surface area contributed by atoms with Gasteiger partial charge in [0, 0.05) is 0 Å². The summed E-state index contributed by atoms with van der Waals surface area (Å²) in [5.41, 5.74) is 0. The van der Waals surface area contributed by atoms with Gasteiger partial charge in [0.25, 0.3) is 0 Å². The molecule has 0 aliphatic heterocycles. The highest BCUT2D eigenvalue weighted by Gasteiger charge is 2.24. The van der Waals surface area contributed by atoms with Crippen LogP contribution in [0.25, 0.3) is 0 Å². The van der Waals surface area contributed by atoms with Gasteiger partial charge in [0.15, 0.2) is 0 Å². The summed E-state index contributed by atoms with van der Waals surface area (Å²) in [6.07, 6.45) is 7.28. The van der Waals surface area contributed by atoms with E-state index in [1.165, 1.54) is 36.6 Å². The molecule has 0 aromatic rings. The Morgan fingerprint density at radius 3 is 1.67 bits per heavy atom. The molecule has 0 bridgehead atoms. The van der Waals surface area contributed by atoms with Crippen LogP contribution in [0.5, 0.6) is 0 Å². The zero-order valence-electron chi connectivity index (χ0n) is 9.64. The van der Waals surface area contributed by atoms with Crippen molar-refractivity contribution in [2.24, 2.45) is 0 Å². The highest BCUT2D eigenvalue weighted by Crippen LogP contribution is 2.23. The largest absolute Gasteiger partial charge is 0.726 e. The lowest BCUT2D eigenvalue weighted by Crippen LogP contribution is -2.45. The summed E-state index contributed by atoms with van der Waals surface area (Å²) < 4.78 is 34.0. The minimum absolute atomic E-state index is 0.939. The van der Waals surface area contributed by atoms with E-state index in [1.807, 2.05) is 0 Å². The number of hydrogen-bond donors (Lipinski definition) is 1. The first-order chi connectivity index (χ1) is 6.61. The molecule has 1 fully saturated rings. The van der Waals surface area contributed by atoms with Crippen molar-refractivity contribution in [1.29, 1.82) is 0 Å². The molecule has 0 radical (unpaired) electrons. The first kappa shape index (κ1) is 14.8. The molecule has 0 atom stereocenters. The molecular formula is C9H21NO4S. The Kier molecular flexibility index (Phi) is 5.72. The number of quaternary nitrogens is 1. The van der Waals surface area contributed by atoms with Crippen LogP contribution in [-0.4, -0.2) is 49.2 Å². The fraction of sp³-hybridized carbons (Fsp3) is 1.00. The third-order valence-corrected chi connectivity index (χ3v) is 2.67. The van der Waals surface area contributed by atoms with Gasteiger partial charge in [-0.05, 0) is 25.7 Å². The van der Waals surface area contributed by atoms with Gasteiger partial charge in [0.2, 0.25) is 10.4 Å². The van der Waals surface area contributed by atoms with Crippen molar-refractivity contribution in [2.75, 3.05) is 21.1 Å². The average molecular weight is 239 g/mol. The summed E-state index contributed by atoms with van der Waals surface area (Å²) in [6, 6.07) is 0.939. The minimum Gasteiger partial charge on any atom is -0.726 e. The van der Waals surface area contributed by atoms with Gasteiger partial charge in [-0.25, -0.2) is 8.42 Å². The molecule has 1 aliphatic rings. The lowest BCUT2D eigenvalue weighted by Gasteiger charge is -2.36. The van der Waals surface area contributed by atoms with Crippen LogP contribution in [0.1, 0.15) is 32.1 Å². The van der Waals surface area contributed by atoms with E-state index in [0.717, 1.165) is 6.04 Å². The molecule has 1 aliphatic carbocycles. The highest BCUT2D eigenvalue weighted by molar-refractivity contribution is 7.79. The summed E-state index contributed by atoms with van der Waals surface area (Å²) in [5.74, 6) is 0. The van der Waals surface area contributed by atoms with E-state index < -0.39 is 10.4 Å². The summed E-state index contributed by atoms with van der Waals surface area (Å²) in [5, 5.41) is 0. The standard InChI is InChI=1S/C9H20N.H2O4S/c1-10(2,3)9-7-5-4-6-8-9;1-5(2,3)4/h9H,4-8H2,1-3H3;(H2,1,2,3,4)/q+1;/p-1. The number of rotatable bonds is 1. The van der Waals surface area contributed by atoms with Gasteiger partial charge in [0.1, 0.15) is 0 Å². The molecular weight excluding hydrogens is 218 g/mol. The van der Waals surface area contributed by atoms with Crippen molar-refractivity contribution in [3.05, 3.63) is 0 Å². The first-order valence-corrected chi connectivity index (χ1v) is 6.46. The van der Waals surface area contributed by atoms with E-state index in [4.69, 9.17) is 17.5 Å². The molecule has 0 aromatic carbocycles. The lowest BCUT2D eigenvalue weighted by molar-refractivity contribution is -0.897. The second-order valence-corrected chi connectivity index (χ2v) is 5.69. The third-order valence-electron chi connectivity index (χ3n) is 2.67. The van der Waals surface area contributed by atoms with Crippen LogP contribution in [0, 0.1) is 0 Å². The normalized spacial score (nSPS) is 19.3. The van der Waals surface area contributed by atoms with Crippen LogP contribution in [0.4, 0.5) is 0 Å². The van der Waals surface area contributed by atoms with Crippen LogP contribution >= 0.6 is 0 Å². The molecule has 1 N–H and O–H groups in total. The Hall–Kier alpha value is -0.170. The smallest absolute Gasteiger partial charge is 0.215 e. The molecule has 6 heteroatoms. The highest BCUT2D eigenvalue weighted by atomic mass is 32.3. The van der Waals surface area contributed by atoms with Crippen molar-refractivity contribution in [2.45, 2.75) is 38.1 Å². The third kappa shape index (κ3) is 10.1. The second kappa shape index (κ2) is 5.79. The first-order valence-electron chi connectivity index (χ1n) is 5.10. The fourth-order valence-electron chi connectivity index (χ4n) is 1.86. The molecule has 0 unspecified atom stereocenters. The number of hydrogen-bond acceptors (Lipinski definition) is 3. The van der Waals surface area contributed by atoms with Crippen LogP contribution in [0.2, 0.25) is 0 Å². The molecule has 1 rings (SSSR count). The van der Waals surface area contributed by atoms with Crippen molar-refractivity contribution >= 4 is 10.4 Å². The number of nitrogens with zero attached hydrogens (tertiary/aromatic N) is 1. The summed E-state index contributed by atoms with van der Waals surface area (Å²) in [7, 11) is 2.03. The van der Waals surface area contributed by atoms with Crippen LogP contribution in [0.15, 0.2) is 0 Å². The van der Waals surface area contributed by atoms with E-state index in [1.54, 1.807) is 0 Å². The molecule has 0 amide bonds. The molecule has 0 spiro atoms. The van der Waals surface area contributed by atoms with Gasteiger partial charge in [-0.1, -0.05) is 6.42 Å². The Morgan fingerprint density at radius 2 is 1.47 bits per heavy atom. The van der Waals surface area contributed by atoms with Crippen LogP contribution in [-0.2, 0) is 10.4 Å². The molecule has 0 heterocycles. The predicted molar refractivity (Wildman–Crippen MR) is 57.2 cm³/mol. The monoisotopic (exact) mass is 239 g/mol. The van der Waals surface area contributed by atoms with E-state index in [2.05, 4.69) is 21.1 Å². The molecule has 92 valence electrons. The van der Waals surface area contributed by atoms with Gasteiger partial charge in [-0.15, -0.1) is 0 Å². The van der Waals surface area contributed by atoms with Crippen molar-refractivity contribution < 1.29 is 22.0 Å². The van der Waals surface area contributed by atoms with Gasteiger partial charge in [0.05, 0.1) is 27.2 Å². The Balaban J connectivity index is 0.000000336. The lowest BCUT2D eigenvalue weighted by atomic mass is 9.94. The van der Waals surface area contributed by atoms with Gasteiger partial charge < -0.3 is 9.04 Å². The van der Waals surface area contributed by atoms with E-state index in [0.29, 0.717) is 0 Å². The van der Waals surface area contributed by atoms with Gasteiger partial charge >= 0.3 is 0 Å². The van der Waals surface area contributed by atoms with Crippen molar-refractivity contribution in [1.82, 2.24) is 0 Å². The van der Waals surface area contributed by atoms with Crippen LogP contribution in [0.3, 0.4) is 0 Å². The van der Waals surface area contributed by atoms with E-state index in [9.17, 15) is 0 Å². The molecule has 0 saturated heterocycles. The Bertz CT molecular complexity index is 254. The van der Waals surface area contributed by atoms with E-state index >= 15 is 0 Å². The topological polar surface area (TPSA) is 77.4 Å². The summed E-state index contributed by atoms with van der Waals surface area (Å²) in [6.45, 7) is 0. The summed E-state index contributed by atoms with van der Waals surface area (Å²) >= 11 is 0. The SMILES string of the molecule is C[N+](C)(C)C1CCCCC1.O=S(=O)([O-])O. The zero-order valence-corrected chi connectivity index (χ0v) is 10.5. The van der Waals surface area contributed by atoms with Crippen molar-refractivity contribution in [3.63, 3.8) is 0 Å². The van der Waals surface area contributed by atoms with E-state index in [-0.39, 0.29) is 0 Å². The summed E-state index contributed by atoms with van der Waals surface area (Å²) in [4.78, 5) is 0. The maximum absolute atomic E-state index is 8.63. The minimum atomic E-state index is -4.92. The predicted octanol–water partition coefficient (Wildman–Crippen LogP) is 1.03. The Morgan fingerprint density at radius 1 is 1.13 bits per heavy atom. The quantitative estimate of drug-likeness (QED) is 0.421. The molecule has 5 nitrogen and oxygen atoms in total. The van der Waals surface area contributed by atoms with Gasteiger partial charge in [-0.2, -0.15) is 0 Å². The second-order valence-electron chi connectivity index (χ2n) is 4.84. The maximum atomic E-state index is 8.63. The van der Waals surface area contributed by atoms with Gasteiger partial charge in [-0.3, -0.25) is 4.55 Å². The van der Waals surface area contributed by atoms with Crippen molar-refractivity contribution in [3.8, 4) is 0 Å². The molecule has 15 heavy (non-hydrogen) atoms. The molecule has 0 aromatic heterocycles.